The Morgan fingerprint density at radius 2 is 1.81 bits per heavy atom. The molecule has 2 heterocycles. The number of fused-ring (bicyclic) bond motifs is 1. The molecular formula is C24H24N4O3. The van der Waals surface area contributed by atoms with E-state index in [2.05, 4.69) is 10.3 Å². The van der Waals surface area contributed by atoms with Crippen molar-refractivity contribution in [2.75, 3.05) is 27.4 Å². The number of nitrogens with one attached hydrogen (secondary N) is 1. The summed E-state index contributed by atoms with van der Waals surface area (Å²) in [7, 11) is 3.27. The Labute approximate surface area is 180 Å². The molecule has 0 aliphatic carbocycles. The minimum Gasteiger partial charge on any atom is -0.497 e. The Hall–Kier alpha value is -3.71. The van der Waals surface area contributed by atoms with Gasteiger partial charge in [0.05, 0.1) is 18.5 Å². The molecule has 2 aromatic carbocycles. The van der Waals surface area contributed by atoms with E-state index in [0.717, 1.165) is 34.7 Å². The first-order valence-corrected chi connectivity index (χ1v) is 10.1. The lowest BCUT2D eigenvalue weighted by Gasteiger charge is -2.10. The Kier molecular flexibility index (Phi) is 6.24. The third kappa shape index (κ3) is 4.57. The molecule has 0 unspecified atom stereocenters. The summed E-state index contributed by atoms with van der Waals surface area (Å²) < 4.78 is 12.2. The van der Waals surface area contributed by atoms with Gasteiger partial charge in [0.1, 0.15) is 11.4 Å². The maximum atomic E-state index is 12.8. The average Bonchev–Trinajstić information content (AvgIpc) is 3.26. The molecule has 0 bridgehead atoms. The summed E-state index contributed by atoms with van der Waals surface area (Å²) in [6.07, 6.45) is 0.734. The Morgan fingerprint density at radius 1 is 1.00 bits per heavy atom. The molecule has 7 heteroatoms. The normalized spacial score (nSPS) is 10.9. The molecule has 1 amide bonds. The molecule has 0 aliphatic rings. The molecule has 0 fully saturated rings. The van der Waals surface area contributed by atoms with Crippen LogP contribution < -0.4 is 10.1 Å². The Bertz CT molecular complexity index is 1190. The van der Waals surface area contributed by atoms with Crippen molar-refractivity contribution in [2.45, 2.75) is 6.42 Å². The second-order valence-corrected chi connectivity index (χ2v) is 7.03. The van der Waals surface area contributed by atoms with E-state index < -0.39 is 0 Å². The Morgan fingerprint density at radius 3 is 2.58 bits per heavy atom. The van der Waals surface area contributed by atoms with E-state index in [4.69, 9.17) is 14.6 Å². The first-order chi connectivity index (χ1) is 15.2. The van der Waals surface area contributed by atoms with Crippen molar-refractivity contribution in [1.29, 1.82) is 0 Å². The van der Waals surface area contributed by atoms with Crippen LogP contribution in [0.25, 0.3) is 28.2 Å². The number of carbonyl (C=O) groups is 1. The summed E-state index contributed by atoms with van der Waals surface area (Å²) >= 11 is 0. The number of aromatic nitrogens is 3. The van der Waals surface area contributed by atoms with E-state index in [1.807, 2.05) is 60.7 Å². The molecule has 4 aromatic rings. The number of amides is 1. The van der Waals surface area contributed by atoms with E-state index in [1.54, 1.807) is 24.8 Å². The zero-order valence-corrected chi connectivity index (χ0v) is 17.5. The lowest BCUT2D eigenvalue weighted by Crippen LogP contribution is -2.26. The van der Waals surface area contributed by atoms with Crippen LogP contribution in [0.4, 0.5) is 0 Å². The average molecular weight is 416 g/mol. The molecule has 0 spiro atoms. The predicted molar refractivity (Wildman–Crippen MR) is 119 cm³/mol. The van der Waals surface area contributed by atoms with Gasteiger partial charge in [-0.15, -0.1) is 0 Å². The summed E-state index contributed by atoms with van der Waals surface area (Å²) in [5.41, 5.74) is 4.34. The largest absolute Gasteiger partial charge is 0.497 e. The van der Waals surface area contributed by atoms with Gasteiger partial charge >= 0.3 is 0 Å². The fourth-order valence-electron chi connectivity index (χ4n) is 3.34. The highest BCUT2D eigenvalue weighted by molar-refractivity contribution is 5.94. The molecule has 0 saturated heterocycles. The molecule has 31 heavy (non-hydrogen) atoms. The lowest BCUT2D eigenvalue weighted by molar-refractivity contribution is 0.0944. The van der Waals surface area contributed by atoms with E-state index >= 15 is 0 Å². The Balaban J connectivity index is 1.79. The van der Waals surface area contributed by atoms with Crippen molar-refractivity contribution in [1.82, 2.24) is 19.9 Å². The summed E-state index contributed by atoms with van der Waals surface area (Å²) in [5, 5.41) is 7.67. The zero-order valence-electron chi connectivity index (χ0n) is 17.5. The number of nitrogens with zero attached hydrogens (tertiary/aromatic N) is 3. The van der Waals surface area contributed by atoms with Crippen LogP contribution in [0.15, 0.2) is 66.7 Å². The minimum atomic E-state index is -0.231. The van der Waals surface area contributed by atoms with Gasteiger partial charge in [-0.05, 0) is 24.6 Å². The number of hydrogen-bond donors (Lipinski definition) is 1. The fourth-order valence-corrected chi connectivity index (χ4v) is 3.34. The van der Waals surface area contributed by atoms with Crippen LogP contribution in [0.5, 0.6) is 5.75 Å². The van der Waals surface area contributed by atoms with Crippen LogP contribution in [0, 0.1) is 0 Å². The van der Waals surface area contributed by atoms with Crippen LogP contribution in [0.3, 0.4) is 0 Å². The molecule has 0 aliphatic heterocycles. The highest BCUT2D eigenvalue weighted by Gasteiger charge is 2.16. The maximum absolute atomic E-state index is 12.8. The molecule has 7 nitrogen and oxygen atoms in total. The summed E-state index contributed by atoms with van der Waals surface area (Å²) in [4.78, 5) is 17.3. The number of hydrogen-bond acceptors (Lipinski definition) is 5. The quantitative estimate of drug-likeness (QED) is 0.442. The molecule has 0 saturated carbocycles. The second-order valence-electron chi connectivity index (χ2n) is 7.03. The van der Waals surface area contributed by atoms with Gasteiger partial charge in [0.15, 0.2) is 5.65 Å². The van der Waals surface area contributed by atoms with Crippen LogP contribution in [-0.4, -0.2) is 47.9 Å². The third-order valence-electron chi connectivity index (χ3n) is 4.91. The molecule has 0 radical (unpaired) electrons. The summed E-state index contributed by atoms with van der Waals surface area (Å²) in [6, 6.07) is 21.2. The van der Waals surface area contributed by atoms with Crippen LogP contribution in [0.2, 0.25) is 0 Å². The van der Waals surface area contributed by atoms with E-state index in [-0.39, 0.29) is 5.91 Å². The molecule has 0 atom stereocenters. The van der Waals surface area contributed by atoms with Crippen LogP contribution in [-0.2, 0) is 4.74 Å². The predicted octanol–water partition coefficient (Wildman–Crippen LogP) is 3.84. The number of benzene rings is 2. The zero-order chi connectivity index (χ0) is 21.6. The SMILES string of the molecule is COCCCNC(=O)c1cc(-c2cccc(OC)c2)n2nc(-c3ccccc3)cc2n1. The maximum Gasteiger partial charge on any atom is 0.270 e. The van der Waals surface area contributed by atoms with Gasteiger partial charge in [-0.25, -0.2) is 9.50 Å². The van der Waals surface area contributed by atoms with Crippen molar-refractivity contribution < 1.29 is 14.3 Å². The highest BCUT2D eigenvalue weighted by Crippen LogP contribution is 2.27. The smallest absolute Gasteiger partial charge is 0.270 e. The summed E-state index contributed by atoms with van der Waals surface area (Å²) in [6.45, 7) is 1.10. The number of carbonyl (C=O) groups excluding carboxylic acids is 1. The molecule has 158 valence electrons. The van der Waals surface area contributed by atoms with E-state index in [0.29, 0.717) is 24.5 Å². The van der Waals surface area contributed by atoms with Crippen LogP contribution in [0.1, 0.15) is 16.9 Å². The molecule has 1 N–H and O–H groups in total. The van der Waals surface area contributed by atoms with Crippen molar-refractivity contribution in [3.05, 3.63) is 72.4 Å². The molecule has 2 aromatic heterocycles. The topological polar surface area (TPSA) is 77.8 Å². The van der Waals surface area contributed by atoms with Gasteiger partial charge < -0.3 is 14.8 Å². The van der Waals surface area contributed by atoms with Gasteiger partial charge in [-0.2, -0.15) is 5.10 Å². The summed E-state index contributed by atoms with van der Waals surface area (Å²) in [5.74, 6) is 0.494. The van der Waals surface area contributed by atoms with Gasteiger partial charge in [-0.3, -0.25) is 4.79 Å². The van der Waals surface area contributed by atoms with Crippen molar-refractivity contribution in [2.24, 2.45) is 0 Å². The van der Waals surface area contributed by atoms with Crippen molar-refractivity contribution in [3.63, 3.8) is 0 Å². The first-order valence-electron chi connectivity index (χ1n) is 10.1. The van der Waals surface area contributed by atoms with Gasteiger partial charge in [0, 0.05) is 37.5 Å². The molecule has 4 rings (SSSR count). The number of methoxy groups -OCH3 is 2. The van der Waals surface area contributed by atoms with E-state index in [9.17, 15) is 4.79 Å². The van der Waals surface area contributed by atoms with Gasteiger partial charge in [0.25, 0.3) is 5.91 Å². The highest BCUT2D eigenvalue weighted by atomic mass is 16.5. The second kappa shape index (κ2) is 9.40. The van der Waals surface area contributed by atoms with Gasteiger partial charge in [0.2, 0.25) is 0 Å². The monoisotopic (exact) mass is 416 g/mol. The molecular weight excluding hydrogens is 392 g/mol. The minimum absolute atomic E-state index is 0.231. The first kappa shape index (κ1) is 20.6. The number of ether oxygens (including phenoxy) is 2. The van der Waals surface area contributed by atoms with Crippen molar-refractivity contribution >= 4 is 11.6 Å². The standard InChI is InChI=1S/C24H24N4O3/c1-30-13-7-12-25-24(29)21-15-22(18-10-6-11-19(14-18)31-2)28-23(26-21)16-20(27-28)17-8-4-3-5-9-17/h3-6,8-11,14-16H,7,12-13H2,1-2H3,(H,25,29). The van der Waals surface area contributed by atoms with Crippen molar-refractivity contribution in [3.8, 4) is 28.3 Å². The fraction of sp³-hybridized carbons (Fsp3) is 0.208. The number of rotatable bonds is 8. The van der Waals surface area contributed by atoms with E-state index in [1.165, 1.54) is 0 Å². The van der Waals surface area contributed by atoms with Gasteiger partial charge in [-0.1, -0.05) is 42.5 Å². The van der Waals surface area contributed by atoms with Crippen LogP contribution >= 0.6 is 0 Å². The lowest BCUT2D eigenvalue weighted by atomic mass is 10.1. The third-order valence-corrected chi connectivity index (χ3v) is 4.91.